The highest BCUT2D eigenvalue weighted by atomic mass is 32.1. The lowest BCUT2D eigenvalue weighted by Crippen LogP contribution is -2.37. The number of aromatic nitrogens is 2. The Morgan fingerprint density at radius 2 is 1.76 bits per heavy atom. The number of halogens is 3. The van der Waals surface area contributed by atoms with Gasteiger partial charge in [0.15, 0.2) is 5.69 Å². The number of pyridine rings is 1. The molecule has 7 nitrogen and oxygen atoms in total. The summed E-state index contributed by atoms with van der Waals surface area (Å²) in [4.78, 5) is 36.3. The van der Waals surface area contributed by atoms with Crippen molar-refractivity contribution in [3.05, 3.63) is 64.1 Å². The number of benzene rings is 1. The quantitative estimate of drug-likeness (QED) is 0.294. The topological polar surface area (TPSA) is 87.2 Å². The average molecular weight is 560 g/mol. The number of thiazole rings is 1. The number of anilines is 1. The van der Waals surface area contributed by atoms with Gasteiger partial charge in [-0.15, -0.1) is 22.7 Å². The highest BCUT2D eigenvalue weighted by Gasteiger charge is 2.39. The Balaban J connectivity index is 1.27. The second-order valence-electron chi connectivity index (χ2n) is 8.89. The second kappa shape index (κ2) is 11.2. The summed E-state index contributed by atoms with van der Waals surface area (Å²) in [5.74, 6) is -1.09. The molecule has 0 unspecified atom stereocenters. The summed E-state index contributed by atoms with van der Waals surface area (Å²) in [6.45, 7) is 2.75. The fraction of sp³-hybridized carbons (Fsp3) is 0.308. The van der Waals surface area contributed by atoms with Crippen LogP contribution in [-0.4, -0.2) is 52.9 Å². The highest BCUT2D eigenvalue weighted by Crippen LogP contribution is 2.38. The Morgan fingerprint density at radius 1 is 1.00 bits per heavy atom. The molecular weight excluding hydrogens is 535 g/mol. The number of rotatable bonds is 7. The molecule has 1 aromatic carbocycles. The fourth-order valence-electron chi connectivity index (χ4n) is 4.25. The van der Waals surface area contributed by atoms with Gasteiger partial charge < -0.3 is 15.5 Å². The lowest BCUT2D eigenvalue weighted by atomic mass is 10.1. The van der Waals surface area contributed by atoms with E-state index in [-0.39, 0.29) is 17.5 Å². The van der Waals surface area contributed by atoms with E-state index < -0.39 is 22.7 Å². The number of alkyl halides is 3. The first-order valence-electron chi connectivity index (χ1n) is 12.1. The van der Waals surface area contributed by atoms with Crippen LogP contribution in [-0.2, 0) is 6.18 Å². The number of nitrogens with one attached hydrogen (secondary N) is 2. The molecule has 198 valence electrons. The standard InChI is InChI=1S/C26H24F3N5O2S2/c27-26(28,29)21-20(23(36)30-11-14-34-12-2-1-3-13-34)38-25(33-21)16-6-8-18(9-7-16)32-22(35)19-15-17-5-4-10-31-24(17)37-19/h4-10,15H,1-3,11-14H2,(H,30,36)(H,32,35). The Morgan fingerprint density at radius 3 is 2.47 bits per heavy atom. The number of piperidine rings is 1. The number of nitrogens with zero attached hydrogens (tertiary/aromatic N) is 3. The van der Waals surface area contributed by atoms with Gasteiger partial charge in [0.05, 0.1) is 4.88 Å². The van der Waals surface area contributed by atoms with Crippen molar-refractivity contribution in [3.8, 4) is 10.6 Å². The first-order valence-corrected chi connectivity index (χ1v) is 13.8. The van der Waals surface area contributed by atoms with Gasteiger partial charge in [0, 0.05) is 35.9 Å². The molecule has 1 fully saturated rings. The van der Waals surface area contributed by atoms with Crippen LogP contribution in [0.15, 0.2) is 48.7 Å². The third-order valence-corrected chi connectivity index (χ3v) is 8.33. The van der Waals surface area contributed by atoms with E-state index in [9.17, 15) is 22.8 Å². The van der Waals surface area contributed by atoms with E-state index in [1.54, 1.807) is 42.6 Å². The smallest absolute Gasteiger partial charge is 0.350 e. The molecule has 5 rings (SSSR count). The van der Waals surface area contributed by atoms with Crippen LogP contribution in [0.5, 0.6) is 0 Å². The van der Waals surface area contributed by atoms with Crippen molar-refractivity contribution < 1.29 is 22.8 Å². The summed E-state index contributed by atoms with van der Waals surface area (Å²) in [6.07, 6.45) is 0.261. The molecule has 1 aliphatic rings. The molecule has 0 spiro atoms. The molecule has 12 heteroatoms. The first-order chi connectivity index (χ1) is 18.3. The molecule has 3 aromatic heterocycles. The Kier molecular flexibility index (Phi) is 7.73. The molecular formula is C26H24F3N5O2S2. The fourth-order valence-corrected chi connectivity index (χ4v) is 6.16. The van der Waals surface area contributed by atoms with Crippen LogP contribution in [0.2, 0.25) is 0 Å². The van der Waals surface area contributed by atoms with Gasteiger partial charge in [-0.2, -0.15) is 13.2 Å². The maximum atomic E-state index is 13.7. The summed E-state index contributed by atoms with van der Waals surface area (Å²) in [5, 5.41) is 6.35. The van der Waals surface area contributed by atoms with Crippen molar-refractivity contribution in [2.75, 3.05) is 31.5 Å². The average Bonchev–Trinajstić information content (AvgIpc) is 3.55. The minimum Gasteiger partial charge on any atom is -0.350 e. The number of carbonyl (C=O) groups excluding carboxylic acids is 2. The molecule has 4 aromatic rings. The van der Waals surface area contributed by atoms with Crippen LogP contribution in [0.25, 0.3) is 20.8 Å². The lowest BCUT2D eigenvalue weighted by molar-refractivity contribution is -0.141. The zero-order valence-corrected chi connectivity index (χ0v) is 21.8. The number of likely N-dealkylation sites (tertiary alicyclic amines) is 1. The van der Waals surface area contributed by atoms with E-state index in [1.165, 1.54) is 17.8 Å². The summed E-state index contributed by atoms with van der Waals surface area (Å²) in [5.41, 5.74) is -0.298. The molecule has 0 radical (unpaired) electrons. The molecule has 1 aliphatic heterocycles. The number of hydrogen-bond donors (Lipinski definition) is 2. The van der Waals surface area contributed by atoms with E-state index in [0.29, 0.717) is 34.0 Å². The second-order valence-corrected chi connectivity index (χ2v) is 10.9. The minimum absolute atomic E-state index is 0.0759. The molecule has 0 saturated carbocycles. The van der Waals surface area contributed by atoms with E-state index in [0.717, 1.165) is 36.1 Å². The number of amides is 2. The first kappa shape index (κ1) is 26.3. The Hall–Kier alpha value is -3.35. The van der Waals surface area contributed by atoms with Crippen molar-refractivity contribution >= 4 is 50.4 Å². The summed E-state index contributed by atoms with van der Waals surface area (Å²) < 4.78 is 41.1. The predicted octanol–water partition coefficient (Wildman–Crippen LogP) is 5.91. The van der Waals surface area contributed by atoms with Gasteiger partial charge in [-0.05, 0) is 62.3 Å². The summed E-state index contributed by atoms with van der Waals surface area (Å²) in [7, 11) is 0. The van der Waals surface area contributed by atoms with Gasteiger partial charge in [0.2, 0.25) is 0 Å². The molecule has 4 heterocycles. The number of hydrogen-bond acceptors (Lipinski definition) is 7. The number of thiophene rings is 1. The molecule has 0 atom stereocenters. The molecule has 38 heavy (non-hydrogen) atoms. The summed E-state index contributed by atoms with van der Waals surface area (Å²) in [6, 6.07) is 11.7. The van der Waals surface area contributed by atoms with E-state index in [1.807, 2.05) is 6.07 Å². The maximum Gasteiger partial charge on any atom is 0.435 e. The van der Waals surface area contributed by atoms with E-state index >= 15 is 0 Å². The van der Waals surface area contributed by atoms with Crippen LogP contribution >= 0.6 is 22.7 Å². The Bertz CT molecular complexity index is 1410. The third kappa shape index (κ3) is 6.03. The van der Waals surface area contributed by atoms with Gasteiger partial charge in [-0.25, -0.2) is 9.97 Å². The van der Waals surface area contributed by atoms with Gasteiger partial charge >= 0.3 is 6.18 Å². The van der Waals surface area contributed by atoms with Gasteiger partial charge in [0.25, 0.3) is 11.8 Å². The van der Waals surface area contributed by atoms with Crippen LogP contribution in [0.3, 0.4) is 0 Å². The predicted molar refractivity (Wildman–Crippen MR) is 143 cm³/mol. The van der Waals surface area contributed by atoms with Crippen molar-refractivity contribution in [2.24, 2.45) is 0 Å². The molecule has 2 N–H and O–H groups in total. The lowest BCUT2D eigenvalue weighted by Gasteiger charge is -2.26. The number of fused-ring (bicyclic) bond motifs is 1. The van der Waals surface area contributed by atoms with Crippen LogP contribution in [0, 0.1) is 0 Å². The van der Waals surface area contributed by atoms with Crippen molar-refractivity contribution in [2.45, 2.75) is 25.4 Å². The minimum atomic E-state index is -4.76. The largest absolute Gasteiger partial charge is 0.435 e. The van der Waals surface area contributed by atoms with Crippen LogP contribution < -0.4 is 10.6 Å². The van der Waals surface area contributed by atoms with Crippen LogP contribution in [0.4, 0.5) is 18.9 Å². The zero-order valence-electron chi connectivity index (χ0n) is 20.2. The molecule has 0 aliphatic carbocycles. The van der Waals surface area contributed by atoms with Crippen molar-refractivity contribution in [1.82, 2.24) is 20.2 Å². The van der Waals surface area contributed by atoms with Gasteiger partial charge in [-0.1, -0.05) is 12.5 Å². The van der Waals surface area contributed by atoms with E-state index in [2.05, 4.69) is 25.5 Å². The molecule has 0 bridgehead atoms. The Labute approximate surface area is 224 Å². The summed E-state index contributed by atoms with van der Waals surface area (Å²) >= 11 is 1.97. The monoisotopic (exact) mass is 559 g/mol. The van der Waals surface area contributed by atoms with Crippen LogP contribution in [0.1, 0.15) is 44.3 Å². The van der Waals surface area contributed by atoms with Gasteiger partial charge in [0.1, 0.15) is 14.7 Å². The number of carbonyl (C=O) groups is 2. The van der Waals surface area contributed by atoms with Gasteiger partial charge in [-0.3, -0.25) is 9.59 Å². The highest BCUT2D eigenvalue weighted by molar-refractivity contribution is 7.20. The van der Waals surface area contributed by atoms with Crippen molar-refractivity contribution in [3.63, 3.8) is 0 Å². The molecule has 1 saturated heterocycles. The van der Waals surface area contributed by atoms with Crippen molar-refractivity contribution in [1.29, 1.82) is 0 Å². The SMILES string of the molecule is O=C(Nc1ccc(-c2nc(C(F)(F)F)c(C(=O)NCCN3CCCCC3)s2)cc1)c1cc2cccnc2s1. The zero-order chi connectivity index (χ0) is 26.7. The maximum absolute atomic E-state index is 13.7. The third-order valence-electron chi connectivity index (χ3n) is 6.17. The van der Waals surface area contributed by atoms with E-state index in [4.69, 9.17) is 0 Å². The molecule has 2 amide bonds. The normalized spacial score (nSPS) is 14.5.